The first kappa shape index (κ1) is 27.1. The predicted octanol–water partition coefficient (Wildman–Crippen LogP) is 7.91. The van der Waals surface area contributed by atoms with Crippen LogP contribution in [0.25, 0.3) is 0 Å². The van der Waals surface area contributed by atoms with Gasteiger partial charge in [-0.3, -0.25) is 4.79 Å². The minimum Gasteiger partial charge on any atom is -0.312 e. The summed E-state index contributed by atoms with van der Waals surface area (Å²) in [5.41, 5.74) is 10.1. The van der Waals surface area contributed by atoms with Crippen LogP contribution in [0.2, 0.25) is 0 Å². The summed E-state index contributed by atoms with van der Waals surface area (Å²) in [7, 11) is -3.58. The lowest BCUT2D eigenvalue weighted by atomic mass is 9.86. The molecule has 1 unspecified atom stereocenters. The Hall–Kier alpha value is -2.96. The van der Waals surface area contributed by atoms with E-state index in [1.807, 2.05) is 71.1 Å². The summed E-state index contributed by atoms with van der Waals surface area (Å²) in [6, 6.07) is 12.4. The molecular formula is C34H39O2P. The van der Waals surface area contributed by atoms with E-state index in [2.05, 4.69) is 52.0 Å². The first-order valence-corrected chi connectivity index (χ1v) is 14.8. The van der Waals surface area contributed by atoms with E-state index in [9.17, 15) is 4.79 Å². The van der Waals surface area contributed by atoms with Crippen molar-refractivity contribution in [1.82, 2.24) is 0 Å². The highest BCUT2D eigenvalue weighted by Crippen LogP contribution is 2.63. The van der Waals surface area contributed by atoms with Crippen LogP contribution in [0.4, 0.5) is 0 Å². The molecule has 0 saturated heterocycles. The van der Waals surface area contributed by atoms with Gasteiger partial charge in [-0.15, -0.1) is 0 Å². The molecule has 0 amide bonds. The first-order chi connectivity index (χ1) is 17.3. The highest BCUT2D eigenvalue weighted by atomic mass is 31.2. The molecule has 1 aliphatic rings. The summed E-state index contributed by atoms with van der Waals surface area (Å²) in [6.45, 7) is 18.5. The molecule has 3 aromatic rings. The van der Waals surface area contributed by atoms with Gasteiger partial charge in [0, 0.05) is 16.2 Å². The van der Waals surface area contributed by atoms with E-state index in [-0.39, 0.29) is 5.78 Å². The zero-order valence-corrected chi connectivity index (χ0v) is 24.6. The summed E-state index contributed by atoms with van der Waals surface area (Å²) in [5, 5.41) is 0.426. The van der Waals surface area contributed by atoms with Crippen LogP contribution in [0.15, 0.2) is 60.7 Å². The molecule has 0 saturated carbocycles. The third-order valence-corrected chi connectivity index (χ3v) is 12.5. The number of ketones is 1. The van der Waals surface area contributed by atoms with Gasteiger partial charge in [0.2, 0.25) is 0 Å². The zero-order chi connectivity index (χ0) is 27.3. The summed E-state index contributed by atoms with van der Waals surface area (Å²) < 4.78 is 16.4. The van der Waals surface area contributed by atoms with Crippen LogP contribution < -0.4 is 10.6 Å². The van der Waals surface area contributed by atoms with Crippen molar-refractivity contribution in [3.05, 3.63) is 116 Å². The van der Waals surface area contributed by atoms with E-state index >= 15 is 4.57 Å². The second-order valence-corrected chi connectivity index (χ2v) is 13.9. The average molecular weight is 511 g/mol. The van der Waals surface area contributed by atoms with Crippen molar-refractivity contribution in [2.24, 2.45) is 0 Å². The number of benzene rings is 3. The van der Waals surface area contributed by atoms with Gasteiger partial charge in [-0.2, -0.15) is 0 Å². The van der Waals surface area contributed by atoms with Gasteiger partial charge in [0.15, 0.2) is 12.9 Å². The molecule has 0 aliphatic heterocycles. The van der Waals surface area contributed by atoms with E-state index in [0.717, 1.165) is 60.7 Å². The second-order valence-electron chi connectivity index (χ2n) is 11.0. The number of aryl methyl sites for hydroxylation is 7. The molecule has 37 heavy (non-hydrogen) atoms. The third-order valence-electron chi connectivity index (χ3n) is 8.21. The Morgan fingerprint density at radius 3 is 1.59 bits per heavy atom. The molecule has 0 spiro atoms. The van der Waals surface area contributed by atoms with Gasteiger partial charge in [0.1, 0.15) is 5.16 Å². The van der Waals surface area contributed by atoms with Crippen LogP contribution >= 0.6 is 7.14 Å². The molecule has 1 atom stereocenters. The van der Waals surface area contributed by atoms with E-state index < -0.39 is 12.3 Å². The molecular weight excluding hydrogens is 471 g/mol. The predicted molar refractivity (Wildman–Crippen MR) is 159 cm³/mol. The molecule has 4 rings (SSSR count). The molecule has 0 N–H and O–H groups in total. The van der Waals surface area contributed by atoms with Crippen molar-refractivity contribution >= 4 is 23.5 Å². The zero-order valence-electron chi connectivity index (χ0n) is 23.7. The average Bonchev–Trinajstić information content (AvgIpc) is 2.81. The fraction of sp³-hybridized carbons (Fsp3) is 0.324. The number of hydrogen-bond donors (Lipinski definition) is 0. The first-order valence-electron chi connectivity index (χ1n) is 13.1. The smallest absolute Gasteiger partial charge is 0.181 e. The number of allylic oxidation sites excluding steroid dienone is 4. The number of carbonyl (C=O) groups is 1. The molecule has 0 heterocycles. The van der Waals surface area contributed by atoms with E-state index in [0.29, 0.717) is 12.0 Å². The Morgan fingerprint density at radius 2 is 1.16 bits per heavy atom. The number of rotatable bonds is 5. The minimum absolute atomic E-state index is 0.0595. The summed E-state index contributed by atoms with van der Waals surface area (Å²) >= 11 is 0. The van der Waals surface area contributed by atoms with Gasteiger partial charge >= 0.3 is 0 Å². The summed E-state index contributed by atoms with van der Waals surface area (Å²) in [6.07, 6.45) is 8.24. The molecule has 192 valence electrons. The molecule has 3 heteroatoms. The Morgan fingerprint density at radius 1 is 0.676 bits per heavy atom. The van der Waals surface area contributed by atoms with Crippen LogP contribution in [0.1, 0.15) is 66.8 Å². The lowest BCUT2D eigenvalue weighted by molar-refractivity contribution is 0.0958. The third kappa shape index (κ3) is 4.20. The monoisotopic (exact) mass is 510 g/mol. The standard InChI is InChI=1S/C34H39O2P/c1-21-17-24(4)31(25(5)18-21)37(36,32-26(6)19-22(2)20-27(32)7)34(15-11-10-12-16-34)33(35)30-14-13-23(3)28(8)29(30)9/h10-15,17-20H,16H2,1-9H3. The van der Waals surface area contributed by atoms with Crippen LogP contribution in [0, 0.1) is 62.3 Å². The Labute approximate surface area is 222 Å². The van der Waals surface area contributed by atoms with Crippen molar-refractivity contribution in [2.75, 3.05) is 0 Å². The van der Waals surface area contributed by atoms with Gasteiger partial charge < -0.3 is 4.57 Å². The Bertz CT molecular complexity index is 1430. The lowest BCUT2D eigenvalue weighted by Gasteiger charge is -2.41. The number of carbonyl (C=O) groups excluding carboxylic acids is 1. The largest absolute Gasteiger partial charge is 0.312 e. The SMILES string of the molecule is Cc1cc(C)c(P(=O)(c2c(C)cc(C)cc2C)C2(C(=O)c3ccc(C)c(C)c3C)C=CC=CC2)c(C)c1. The van der Waals surface area contributed by atoms with Crippen LogP contribution in [0.5, 0.6) is 0 Å². The van der Waals surface area contributed by atoms with Crippen molar-refractivity contribution in [3.8, 4) is 0 Å². The van der Waals surface area contributed by atoms with Gasteiger partial charge in [-0.25, -0.2) is 0 Å². The molecule has 1 aliphatic carbocycles. The van der Waals surface area contributed by atoms with Gasteiger partial charge in [-0.1, -0.05) is 71.8 Å². The fourth-order valence-corrected chi connectivity index (χ4v) is 10.8. The van der Waals surface area contributed by atoms with Gasteiger partial charge in [0.25, 0.3) is 0 Å². The lowest BCUT2D eigenvalue weighted by Crippen LogP contribution is -2.46. The molecule has 0 bridgehead atoms. The molecule has 3 aromatic carbocycles. The van der Waals surface area contributed by atoms with E-state index in [1.165, 1.54) is 0 Å². The summed E-state index contributed by atoms with van der Waals surface area (Å²) in [5.74, 6) is -0.0595. The van der Waals surface area contributed by atoms with Crippen molar-refractivity contribution in [3.63, 3.8) is 0 Å². The summed E-state index contributed by atoms with van der Waals surface area (Å²) in [4.78, 5) is 14.9. The van der Waals surface area contributed by atoms with Gasteiger partial charge in [-0.05, 0) is 108 Å². The quantitative estimate of drug-likeness (QED) is 0.258. The maximum Gasteiger partial charge on any atom is 0.181 e. The topological polar surface area (TPSA) is 34.1 Å². The van der Waals surface area contributed by atoms with E-state index in [1.54, 1.807) is 0 Å². The maximum absolute atomic E-state index is 16.4. The molecule has 0 aromatic heterocycles. The number of hydrogen-bond acceptors (Lipinski definition) is 2. The van der Waals surface area contributed by atoms with Crippen LogP contribution in [-0.4, -0.2) is 10.9 Å². The van der Waals surface area contributed by atoms with Crippen molar-refractivity contribution in [2.45, 2.75) is 73.9 Å². The fourth-order valence-electron chi connectivity index (χ4n) is 6.44. The van der Waals surface area contributed by atoms with E-state index in [4.69, 9.17) is 0 Å². The van der Waals surface area contributed by atoms with Crippen LogP contribution in [-0.2, 0) is 4.57 Å². The molecule has 0 radical (unpaired) electrons. The highest BCUT2D eigenvalue weighted by molar-refractivity contribution is 7.81. The van der Waals surface area contributed by atoms with Crippen molar-refractivity contribution < 1.29 is 9.36 Å². The second kappa shape index (κ2) is 9.73. The van der Waals surface area contributed by atoms with Gasteiger partial charge in [0.05, 0.1) is 0 Å². The normalized spacial score (nSPS) is 17.3. The van der Waals surface area contributed by atoms with Crippen molar-refractivity contribution in [1.29, 1.82) is 0 Å². The van der Waals surface area contributed by atoms with Crippen LogP contribution in [0.3, 0.4) is 0 Å². The Balaban J connectivity index is 2.19. The minimum atomic E-state index is -3.58. The Kier molecular flexibility index (Phi) is 7.12. The highest BCUT2D eigenvalue weighted by Gasteiger charge is 2.56. The molecule has 2 nitrogen and oxygen atoms in total. The maximum atomic E-state index is 16.4. The number of Topliss-reactive ketones (excluding diaryl/α,β-unsaturated/α-hetero) is 1. The molecule has 0 fully saturated rings.